The predicted molar refractivity (Wildman–Crippen MR) is 115 cm³/mol. The van der Waals surface area contributed by atoms with E-state index in [1.165, 1.54) is 0 Å². The molecule has 148 valence electrons. The van der Waals surface area contributed by atoms with E-state index in [0.29, 0.717) is 23.6 Å². The maximum atomic E-state index is 8.73. The fourth-order valence-electron chi connectivity index (χ4n) is 3.97. The van der Waals surface area contributed by atoms with E-state index in [4.69, 9.17) is 20.9 Å². The van der Waals surface area contributed by atoms with Crippen LogP contribution in [0, 0.1) is 5.41 Å². The Bertz CT molecular complexity index is 1030. The first-order valence-corrected chi connectivity index (χ1v) is 9.92. The summed E-state index contributed by atoms with van der Waals surface area (Å²) in [5.74, 6) is 1.68. The second-order valence-electron chi connectivity index (χ2n) is 7.51. The molecule has 0 aliphatic carbocycles. The molecule has 7 heteroatoms. The first kappa shape index (κ1) is 17.9. The molecule has 0 amide bonds. The van der Waals surface area contributed by atoms with Gasteiger partial charge in [-0.2, -0.15) is 0 Å². The molecule has 0 spiro atoms. The Kier molecular flexibility index (Phi) is 4.54. The van der Waals surface area contributed by atoms with Gasteiger partial charge in [0.2, 0.25) is 0 Å². The van der Waals surface area contributed by atoms with Crippen LogP contribution in [0.15, 0.2) is 53.5 Å². The number of hydrogen-bond donors (Lipinski definition) is 5. The molecule has 2 aromatic rings. The predicted octanol–water partition coefficient (Wildman–Crippen LogP) is 1.72. The minimum absolute atomic E-state index is 0.0351. The molecule has 2 unspecified atom stereocenters. The number of amidine groups is 1. The molecule has 5 rings (SSSR count). The highest BCUT2D eigenvalue weighted by Crippen LogP contribution is 2.28. The molecular formula is C22H24N6O. The SMILES string of the molecule is N=C(c1ccc2c(c1)CCO2)c1cc(C2=NC(C3CC=CCN3)NN2)ccc1N. The van der Waals surface area contributed by atoms with Gasteiger partial charge in [0, 0.05) is 41.4 Å². The highest BCUT2D eigenvalue weighted by atomic mass is 16.5. The highest BCUT2D eigenvalue weighted by molar-refractivity contribution is 6.15. The maximum absolute atomic E-state index is 8.73. The molecule has 2 aromatic carbocycles. The monoisotopic (exact) mass is 388 g/mol. The number of aliphatic imine (C=N–C) groups is 1. The Balaban J connectivity index is 1.42. The molecule has 29 heavy (non-hydrogen) atoms. The number of nitrogens with two attached hydrogens (primary N) is 1. The summed E-state index contributed by atoms with van der Waals surface area (Å²) >= 11 is 0. The van der Waals surface area contributed by atoms with E-state index in [0.717, 1.165) is 47.7 Å². The Labute approximate surface area is 169 Å². The third kappa shape index (κ3) is 3.39. The van der Waals surface area contributed by atoms with E-state index in [-0.39, 0.29) is 12.2 Å². The lowest BCUT2D eigenvalue weighted by Gasteiger charge is -2.23. The number of fused-ring (bicyclic) bond motifs is 1. The van der Waals surface area contributed by atoms with Gasteiger partial charge >= 0.3 is 0 Å². The summed E-state index contributed by atoms with van der Waals surface area (Å²) in [5, 5.41) is 12.2. The van der Waals surface area contributed by atoms with Gasteiger partial charge in [-0.25, -0.2) is 10.4 Å². The van der Waals surface area contributed by atoms with Crippen molar-refractivity contribution in [2.75, 3.05) is 18.9 Å². The first-order valence-electron chi connectivity index (χ1n) is 9.92. The molecule has 3 aliphatic heterocycles. The van der Waals surface area contributed by atoms with Crippen LogP contribution in [0.5, 0.6) is 5.75 Å². The molecule has 3 heterocycles. The molecule has 0 aromatic heterocycles. The van der Waals surface area contributed by atoms with E-state index in [1.807, 2.05) is 36.4 Å². The van der Waals surface area contributed by atoms with Crippen LogP contribution in [0.1, 0.15) is 28.7 Å². The third-order valence-corrected chi connectivity index (χ3v) is 5.62. The van der Waals surface area contributed by atoms with Crippen molar-refractivity contribution in [3.05, 3.63) is 70.8 Å². The second-order valence-corrected chi connectivity index (χ2v) is 7.51. The number of rotatable bonds is 4. The van der Waals surface area contributed by atoms with E-state index in [9.17, 15) is 0 Å². The third-order valence-electron chi connectivity index (χ3n) is 5.62. The van der Waals surface area contributed by atoms with Crippen molar-refractivity contribution in [3.63, 3.8) is 0 Å². The highest BCUT2D eigenvalue weighted by Gasteiger charge is 2.26. The van der Waals surface area contributed by atoms with E-state index >= 15 is 0 Å². The van der Waals surface area contributed by atoms with Crippen LogP contribution in [0.3, 0.4) is 0 Å². The van der Waals surface area contributed by atoms with E-state index in [2.05, 4.69) is 28.3 Å². The van der Waals surface area contributed by atoms with Crippen molar-refractivity contribution in [1.82, 2.24) is 16.2 Å². The van der Waals surface area contributed by atoms with Crippen molar-refractivity contribution in [1.29, 1.82) is 5.41 Å². The lowest BCUT2D eigenvalue weighted by atomic mass is 9.96. The van der Waals surface area contributed by atoms with Crippen molar-refractivity contribution < 1.29 is 4.74 Å². The summed E-state index contributed by atoms with van der Waals surface area (Å²) in [5.41, 5.74) is 17.2. The number of nitrogen functional groups attached to an aromatic ring is 1. The molecule has 0 saturated heterocycles. The van der Waals surface area contributed by atoms with Crippen LogP contribution in [0.4, 0.5) is 5.69 Å². The summed E-state index contributed by atoms with van der Waals surface area (Å²) in [4.78, 5) is 4.80. The number of nitrogens with zero attached hydrogens (tertiary/aromatic N) is 1. The van der Waals surface area contributed by atoms with Crippen LogP contribution < -0.4 is 26.6 Å². The summed E-state index contributed by atoms with van der Waals surface area (Å²) in [7, 11) is 0. The number of ether oxygens (including phenoxy) is 1. The van der Waals surface area contributed by atoms with Crippen LogP contribution in [-0.4, -0.2) is 36.9 Å². The molecule has 3 aliphatic rings. The topological polar surface area (TPSA) is 108 Å². The fourth-order valence-corrected chi connectivity index (χ4v) is 3.97. The normalized spacial score (nSPS) is 22.6. The van der Waals surface area contributed by atoms with Crippen molar-refractivity contribution in [2.24, 2.45) is 4.99 Å². The van der Waals surface area contributed by atoms with Gasteiger partial charge in [0.05, 0.1) is 12.3 Å². The quantitative estimate of drug-likeness (QED) is 0.311. The van der Waals surface area contributed by atoms with Crippen molar-refractivity contribution in [2.45, 2.75) is 25.0 Å². The molecule has 0 fully saturated rings. The Hall–Kier alpha value is -3.16. The van der Waals surface area contributed by atoms with Crippen LogP contribution >= 0.6 is 0 Å². The molecule has 7 nitrogen and oxygen atoms in total. The van der Waals surface area contributed by atoms with Crippen molar-refractivity contribution >= 4 is 17.2 Å². The second kappa shape index (κ2) is 7.35. The number of hydrogen-bond acceptors (Lipinski definition) is 7. The van der Waals surface area contributed by atoms with Gasteiger partial charge in [-0.15, -0.1) is 0 Å². The van der Waals surface area contributed by atoms with Gasteiger partial charge in [-0.1, -0.05) is 12.2 Å². The molecular weight excluding hydrogens is 364 g/mol. The van der Waals surface area contributed by atoms with Gasteiger partial charge in [0.1, 0.15) is 17.8 Å². The number of benzene rings is 2. The Morgan fingerprint density at radius 1 is 1.17 bits per heavy atom. The average molecular weight is 388 g/mol. The van der Waals surface area contributed by atoms with E-state index in [1.54, 1.807) is 0 Å². The number of nitrogens with one attached hydrogen (secondary N) is 4. The summed E-state index contributed by atoms with van der Waals surface area (Å²) in [6, 6.07) is 11.9. The average Bonchev–Trinajstić information content (AvgIpc) is 3.43. The zero-order chi connectivity index (χ0) is 19.8. The first-order chi connectivity index (χ1) is 14.2. The Morgan fingerprint density at radius 2 is 2.10 bits per heavy atom. The number of hydrazine groups is 1. The standard InChI is InChI=1S/C22H24N6O/c23-17-6-4-15(21-26-22(28-27-21)18-3-1-2-9-25-18)12-16(17)20(24)14-5-7-19-13(11-14)8-10-29-19/h1-2,4-7,11-12,18,22,24-25,28H,3,8-10,23H2,(H,26,27). The van der Waals surface area contributed by atoms with Gasteiger partial charge in [0.15, 0.2) is 0 Å². The Morgan fingerprint density at radius 3 is 2.97 bits per heavy atom. The van der Waals surface area contributed by atoms with Crippen LogP contribution in [0.2, 0.25) is 0 Å². The minimum atomic E-state index is -0.0351. The molecule has 2 atom stereocenters. The summed E-state index contributed by atoms with van der Waals surface area (Å²) in [6.45, 7) is 1.57. The smallest absolute Gasteiger partial charge is 0.144 e. The lowest BCUT2D eigenvalue weighted by molar-refractivity contribution is 0.357. The zero-order valence-electron chi connectivity index (χ0n) is 16.0. The minimum Gasteiger partial charge on any atom is -0.493 e. The van der Waals surface area contributed by atoms with Crippen LogP contribution in [-0.2, 0) is 6.42 Å². The molecule has 0 bridgehead atoms. The number of anilines is 1. The summed E-state index contributed by atoms with van der Waals surface area (Å²) < 4.78 is 5.57. The van der Waals surface area contributed by atoms with Gasteiger partial charge in [-0.05, 0) is 48.4 Å². The molecule has 6 N–H and O–H groups in total. The van der Waals surface area contributed by atoms with Gasteiger partial charge < -0.3 is 21.2 Å². The fraction of sp³-hybridized carbons (Fsp3) is 0.273. The largest absolute Gasteiger partial charge is 0.493 e. The molecule has 0 saturated carbocycles. The summed E-state index contributed by atoms with van der Waals surface area (Å²) in [6.07, 6.45) is 6.10. The zero-order valence-corrected chi connectivity index (χ0v) is 16.0. The lowest BCUT2D eigenvalue weighted by Crippen LogP contribution is -2.48. The van der Waals surface area contributed by atoms with Crippen LogP contribution in [0.25, 0.3) is 0 Å². The molecule has 0 radical (unpaired) electrons. The maximum Gasteiger partial charge on any atom is 0.144 e. The van der Waals surface area contributed by atoms with Crippen molar-refractivity contribution in [3.8, 4) is 5.75 Å². The van der Waals surface area contributed by atoms with E-state index < -0.39 is 0 Å². The van der Waals surface area contributed by atoms with Gasteiger partial charge in [0.25, 0.3) is 0 Å². The van der Waals surface area contributed by atoms with Gasteiger partial charge in [-0.3, -0.25) is 5.41 Å².